The SMILES string of the molecule is Cc1ccc(N2C(=O)C(=Cc3c4ccccc4cc4ccccc34)SC2=S)cc1Cl. The standard InChI is InChI=1S/C25H16ClNOS2/c1-15-10-11-18(13-22(15)26)27-24(28)23(30-25(27)29)14-21-19-8-4-2-6-16(19)12-17-7-3-5-9-20(17)21/h2-14H,1H3. The lowest BCUT2D eigenvalue weighted by molar-refractivity contribution is -0.113. The minimum Gasteiger partial charge on any atom is -0.268 e. The van der Waals surface area contributed by atoms with Crippen molar-refractivity contribution in [3.8, 4) is 0 Å². The summed E-state index contributed by atoms with van der Waals surface area (Å²) in [6.45, 7) is 1.93. The van der Waals surface area contributed by atoms with Crippen molar-refractivity contribution in [2.24, 2.45) is 0 Å². The summed E-state index contributed by atoms with van der Waals surface area (Å²) >= 11 is 13.2. The van der Waals surface area contributed by atoms with Gasteiger partial charge in [0.15, 0.2) is 4.32 Å². The van der Waals surface area contributed by atoms with Gasteiger partial charge in [0.1, 0.15) is 0 Å². The second-order valence-electron chi connectivity index (χ2n) is 7.18. The molecule has 30 heavy (non-hydrogen) atoms. The fourth-order valence-corrected chi connectivity index (χ4v) is 5.20. The second kappa shape index (κ2) is 7.55. The van der Waals surface area contributed by atoms with Crippen molar-refractivity contribution in [3.63, 3.8) is 0 Å². The Kier molecular flexibility index (Phi) is 4.86. The number of carbonyl (C=O) groups excluding carboxylic acids is 1. The molecule has 0 aliphatic carbocycles. The van der Waals surface area contributed by atoms with Crippen LogP contribution < -0.4 is 4.90 Å². The molecule has 4 aromatic rings. The average molecular weight is 446 g/mol. The summed E-state index contributed by atoms with van der Waals surface area (Å²) in [7, 11) is 0. The van der Waals surface area contributed by atoms with E-state index in [-0.39, 0.29) is 5.91 Å². The normalized spacial score (nSPS) is 15.7. The van der Waals surface area contributed by atoms with Gasteiger partial charge in [-0.05, 0) is 63.9 Å². The molecule has 1 amide bonds. The van der Waals surface area contributed by atoms with Crippen molar-refractivity contribution < 1.29 is 4.79 Å². The summed E-state index contributed by atoms with van der Waals surface area (Å²) in [5.74, 6) is -0.123. The number of fused-ring (bicyclic) bond motifs is 2. The molecule has 1 heterocycles. The van der Waals surface area contributed by atoms with Crippen molar-refractivity contribution in [1.29, 1.82) is 0 Å². The largest absolute Gasteiger partial charge is 0.270 e. The molecule has 0 aromatic heterocycles. The Labute approximate surface area is 189 Å². The Morgan fingerprint density at radius 2 is 1.57 bits per heavy atom. The summed E-state index contributed by atoms with van der Waals surface area (Å²) in [4.78, 5) is 15.5. The van der Waals surface area contributed by atoms with Crippen LogP contribution in [0.5, 0.6) is 0 Å². The molecule has 0 radical (unpaired) electrons. The molecule has 2 nitrogen and oxygen atoms in total. The van der Waals surface area contributed by atoms with E-state index < -0.39 is 0 Å². The van der Waals surface area contributed by atoms with E-state index in [0.29, 0.717) is 19.9 Å². The van der Waals surface area contributed by atoms with Crippen molar-refractivity contribution >= 4 is 79.1 Å². The number of thiocarbonyl (C=S) groups is 1. The highest BCUT2D eigenvalue weighted by Crippen LogP contribution is 2.39. The molecule has 5 heteroatoms. The van der Waals surface area contributed by atoms with Gasteiger partial charge in [-0.15, -0.1) is 0 Å². The molecule has 0 saturated carbocycles. The molecule has 0 N–H and O–H groups in total. The molecule has 146 valence electrons. The molecule has 0 spiro atoms. The lowest BCUT2D eigenvalue weighted by atomic mass is 9.96. The maximum Gasteiger partial charge on any atom is 0.270 e. The number of halogens is 1. The third kappa shape index (κ3) is 3.21. The average Bonchev–Trinajstić information content (AvgIpc) is 3.03. The molecule has 5 rings (SSSR count). The number of amides is 1. The second-order valence-corrected chi connectivity index (χ2v) is 9.27. The predicted octanol–water partition coefficient (Wildman–Crippen LogP) is 7.36. The number of hydrogen-bond acceptors (Lipinski definition) is 3. The summed E-state index contributed by atoms with van der Waals surface area (Å²) < 4.78 is 0.510. The van der Waals surface area contributed by atoms with Gasteiger partial charge in [-0.25, -0.2) is 0 Å². The monoisotopic (exact) mass is 445 g/mol. The van der Waals surface area contributed by atoms with Gasteiger partial charge in [-0.1, -0.05) is 90.2 Å². The number of hydrogen-bond donors (Lipinski definition) is 0. The highest BCUT2D eigenvalue weighted by molar-refractivity contribution is 8.27. The Balaban J connectivity index is 1.66. The Hall–Kier alpha value is -2.66. The van der Waals surface area contributed by atoms with E-state index in [1.54, 1.807) is 11.0 Å². The topological polar surface area (TPSA) is 20.3 Å². The van der Waals surface area contributed by atoms with E-state index in [2.05, 4.69) is 30.3 Å². The number of thioether (sulfide) groups is 1. The fourth-order valence-electron chi connectivity index (χ4n) is 3.75. The molecule has 1 aliphatic heterocycles. The van der Waals surface area contributed by atoms with Gasteiger partial charge < -0.3 is 0 Å². The van der Waals surface area contributed by atoms with Crippen LogP contribution in [0.1, 0.15) is 11.1 Å². The smallest absolute Gasteiger partial charge is 0.268 e. The molecule has 1 saturated heterocycles. The van der Waals surface area contributed by atoms with E-state index in [1.807, 2.05) is 49.4 Å². The van der Waals surface area contributed by atoms with Crippen LogP contribution in [-0.2, 0) is 4.79 Å². The van der Waals surface area contributed by atoms with Crippen molar-refractivity contribution in [2.75, 3.05) is 4.90 Å². The zero-order valence-corrected chi connectivity index (χ0v) is 18.4. The Morgan fingerprint density at radius 3 is 2.20 bits per heavy atom. The lowest BCUT2D eigenvalue weighted by Crippen LogP contribution is -2.27. The van der Waals surface area contributed by atoms with Gasteiger partial charge in [-0.3, -0.25) is 9.69 Å². The van der Waals surface area contributed by atoms with Crippen LogP contribution in [0.4, 0.5) is 5.69 Å². The molecule has 0 unspecified atom stereocenters. The molecular weight excluding hydrogens is 430 g/mol. The van der Waals surface area contributed by atoms with E-state index >= 15 is 0 Å². The van der Waals surface area contributed by atoms with Gasteiger partial charge in [0.2, 0.25) is 0 Å². The van der Waals surface area contributed by atoms with E-state index in [4.69, 9.17) is 23.8 Å². The number of anilines is 1. The molecule has 0 bridgehead atoms. The number of benzene rings is 4. The number of carbonyl (C=O) groups is 1. The van der Waals surface area contributed by atoms with Crippen molar-refractivity contribution in [1.82, 2.24) is 0 Å². The van der Waals surface area contributed by atoms with Gasteiger partial charge in [-0.2, -0.15) is 0 Å². The first-order valence-corrected chi connectivity index (χ1v) is 11.1. The molecule has 4 aromatic carbocycles. The maximum absolute atomic E-state index is 13.3. The predicted molar refractivity (Wildman–Crippen MR) is 133 cm³/mol. The van der Waals surface area contributed by atoms with Crippen LogP contribution in [0.3, 0.4) is 0 Å². The lowest BCUT2D eigenvalue weighted by Gasteiger charge is -2.15. The van der Waals surface area contributed by atoms with E-state index in [9.17, 15) is 4.79 Å². The highest BCUT2D eigenvalue weighted by Gasteiger charge is 2.33. The van der Waals surface area contributed by atoms with E-state index in [0.717, 1.165) is 32.7 Å². The van der Waals surface area contributed by atoms with Crippen molar-refractivity contribution in [2.45, 2.75) is 6.92 Å². The zero-order valence-electron chi connectivity index (χ0n) is 16.1. The third-order valence-corrected chi connectivity index (χ3v) is 7.01. The van der Waals surface area contributed by atoms with Gasteiger partial charge in [0, 0.05) is 5.02 Å². The molecular formula is C25H16ClNOS2. The minimum absolute atomic E-state index is 0.123. The first-order valence-electron chi connectivity index (χ1n) is 9.47. The van der Waals surface area contributed by atoms with Gasteiger partial charge in [0.05, 0.1) is 10.6 Å². The first-order chi connectivity index (χ1) is 14.5. The summed E-state index contributed by atoms with van der Waals surface area (Å²) in [5, 5.41) is 5.12. The van der Waals surface area contributed by atoms with Gasteiger partial charge in [0.25, 0.3) is 5.91 Å². The summed E-state index contributed by atoms with van der Waals surface area (Å²) in [5.41, 5.74) is 2.69. The molecule has 0 atom stereocenters. The number of nitrogens with zero attached hydrogens (tertiary/aromatic N) is 1. The highest BCUT2D eigenvalue weighted by atomic mass is 35.5. The van der Waals surface area contributed by atoms with Crippen LogP contribution in [0.15, 0.2) is 77.7 Å². The third-order valence-electron chi connectivity index (χ3n) is 5.30. The molecule has 1 fully saturated rings. The Bertz CT molecular complexity index is 1340. The van der Waals surface area contributed by atoms with Crippen LogP contribution >= 0.6 is 35.6 Å². The van der Waals surface area contributed by atoms with Crippen molar-refractivity contribution in [3.05, 3.63) is 93.9 Å². The van der Waals surface area contributed by atoms with E-state index in [1.165, 1.54) is 11.8 Å². The summed E-state index contributed by atoms with van der Waals surface area (Å²) in [6, 6.07) is 24.2. The maximum atomic E-state index is 13.3. The minimum atomic E-state index is -0.123. The zero-order chi connectivity index (χ0) is 20.8. The number of rotatable bonds is 2. The van der Waals surface area contributed by atoms with Crippen LogP contribution in [-0.4, -0.2) is 10.2 Å². The van der Waals surface area contributed by atoms with Crippen LogP contribution in [0.25, 0.3) is 27.6 Å². The molecule has 1 aliphatic rings. The number of aryl methyl sites for hydroxylation is 1. The Morgan fingerprint density at radius 1 is 0.933 bits per heavy atom. The summed E-state index contributed by atoms with van der Waals surface area (Å²) in [6.07, 6.45) is 1.97. The van der Waals surface area contributed by atoms with Gasteiger partial charge >= 0.3 is 0 Å². The fraction of sp³-hybridized carbons (Fsp3) is 0.0400. The quantitative estimate of drug-likeness (QED) is 0.182. The first kappa shape index (κ1) is 19.3. The van der Waals surface area contributed by atoms with Crippen LogP contribution in [0.2, 0.25) is 5.02 Å². The van der Waals surface area contributed by atoms with Crippen LogP contribution in [0, 0.1) is 6.92 Å².